The van der Waals surface area contributed by atoms with Crippen LogP contribution >= 0.6 is 0 Å². The van der Waals surface area contributed by atoms with Crippen LogP contribution in [0.3, 0.4) is 0 Å². The fourth-order valence-electron chi connectivity index (χ4n) is 0.766. The average Bonchev–Trinajstić information content (AvgIpc) is 2.27. The lowest BCUT2D eigenvalue weighted by molar-refractivity contribution is 0.0992. The van der Waals surface area contributed by atoms with E-state index in [0.717, 1.165) is 0 Å². The SMILES string of the molecule is O=NC(=O)c1cccc(C(=O)N=O)n1. The molecule has 7 heteroatoms. The van der Waals surface area contributed by atoms with Crippen LogP contribution in [-0.2, 0) is 0 Å². The smallest absolute Gasteiger partial charge is 0.261 e. The van der Waals surface area contributed by atoms with E-state index in [0.29, 0.717) is 0 Å². The Balaban J connectivity index is 3.12. The second-order valence-electron chi connectivity index (χ2n) is 2.20. The van der Waals surface area contributed by atoms with E-state index in [1.807, 2.05) is 0 Å². The highest BCUT2D eigenvalue weighted by Crippen LogP contribution is 2.02. The van der Waals surface area contributed by atoms with Crippen LogP contribution in [0.15, 0.2) is 28.6 Å². The number of carbonyl (C=O) groups is 2. The van der Waals surface area contributed by atoms with Crippen molar-refractivity contribution < 1.29 is 9.59 Å². The minimum Gasteiger partial charge on any atom is -0.261 e. The molecule has 1 heterocycles. The summed E-state index contributed by atoms with van der Waals surface area (Å²) in [6.07, 6.45) is 0. The van der Waals surface area contributed by atoms with Crippen molar-refractivity contribution in [2.75, 3.05) is 0 Å². The molecule has 0 atom stereocenters. The summed E-state index contributed by atoms with van der Waals surface area (Å²) < 4.78 is 0. The number of hydrogen-bond donors (Lipinski definition) is 0. The van der Waals surface area contributed by atoms with Gasteiger partial charge in [-0.2, -0.15) is 0 Å². The van der Waals surface area contributed by atoms with Gasteiger partial charge in [0, 0.05) is 10.4 Å². The molecule has 0 saturated carbocycles. The Labute approximate surface area is 77.1 Å². The molecule has 0 aliphatic carbocycles. The van der Waals surface area contributed by atoms with Crippen LogP contribution in [0.4, 0.5) is 0 Å². The average molecular weight is 193 g/mol. The number of nitroso groups, excluding NO2 is 2. The van der Waals surface area contributed by atoms with Crippen LogP contribution in [0, 0.1) is 9.81 Å². The van der Waals surface area contributed by atoms with Crippen LogP contribution in [0.1, 0.15) is 21.0 Å². The third-order valence-corrected chi connectivity index (χ3v) is 1.35. The first kappa shape index (κ1) is 9.78. The normalized spacial score (nSPS) is 9.14. The van der Waals surface area contributed by atoms with Gasteiger partial charge in [-0.05, 0) is 12.1 Å². The summed E-state index contributed by atoms with van der Waals surface area (Å²) in [4.78, 5) is 44.6. The lowest BCUT2D eigenvalue weighted by Crippen LogP contribution is -2.04. The minimum atomic E-state index is -1.11. The molecule has 7 nitrogen and oxygen atoms in total. The van der Waals surface area contributed by atoms with Gasteiger partial charge in [-0.1, -0.05) is 6.07 Å². The zero-order chi connectivity index (χ0) is 10.6. The third kappa shape index (κ3) is 1.89. The maximum atomic E-state index is 10.7. The quantitative estimate of drug-likeness (QED) is 0.648. The summed E-state index contributed by atoms with van der Waals surface area (Å²) in [6, 6.07) is 3.69. The van der Waals surface area contributed by atoms with E-state index in [-0.39, 0.29) is 11.4 Å². The lowest BCUT2D eigenvalue weighted by atomic mass is 10.3. The Hall–Kier alpha value is -2.31. The molecule has 0 N–H and O–H groups in total. The predicted molar refractivity (Wildman–Crippen MR) is 44.5 cm³/mol. The van der Waals surface area contributed by atoms with Crippen molar-refractivity contribution >= 4 is 11.8 Å². The number of aromatic nitrogens is 1. The van der Waals surface area contributed by atoms with Gasteiger partial charge in [-0.15, -0.1) is 9.81 Å². The van der Waals surface area contributed by atoms with Gasteiger partial charge in [0.2, 0.25) is 0 Å². The standard InChI is InChI=1S/C7H3N3O4/c11-6(9-13)4-2-1-3-5(8-4)7(12)10-14/h1-3H. The molecular formula is C7H3N3O4. The fraction of sp³-hybridized carbons (Fsp3) is 0. The Morgan fingerprint density at radius 1 is 1.00 bits per heavy atom. The summed E-state index contributed by atoms with van der Waals surface area (Å²) in [7, 11) is 0. The summed E-state index contributed by atoms with van der Waals surface area (Å²) in [5.41, 5.74) is -0.594. The Morgan fingerprint density at radius 3 is 1.79 bits per heavy atom. The van der Waals surface area contributed by atoms with Gasteiger partial charge in [-0.3, -0.25) is 9.59 Å². The fourth-order valence-corrected chi connectivity index (χ4v) is 0.766. The Kier molecular flexibility index (Phi) is 2.85. The molecule has 0 radical (unpaired) electrons. The molecule has 0 spiro atoms. The summed E-state index contributed by atoms with van der Waals surface area (Å²) >= 11 is 0. The highest BCUT2D eigenvalue weighted by Gasteiger charge is 2.12. The number of pyridine rings is 1. The van der Waals surface area contributed by atoms with Gasteiger partial charge >= 0.3 is 11.8 Å². The molecule has 1 aromatic rings. The molecule has 1 rings (SSSR count). The molecule has 70 valence electrons. The Bertz CT molecular complexity index is 380. The van der Waals surface area contributed by atoms with Gasteiger partial charge in [0.05, 0.1) is 0 Å². The number of carbonyl (C=O) groups excluding carboxylic acids is 2. The minimum absolute atomic E-state index is 0.297. The maximum Gasteiger partial charge on any atom is 0.335 e. The summed E-state index contributed by atoms with van der Waals surface area (Å²) in [5.74, 6) is -2.21. The highest BCUT2D eigenvalue weighted by molar-refractivity contribution is 5.96. The summed E-state index contributed by atoms with van der Waals surface area (Å²) in [6.45, 7) is 0. The maximum absolute atomic E-state index is 10.7. The first-order chi connectivity index (χ1) is 6.69. The van der Waals surface area contributed by atoms with Gasteiger partial charge < -0.3 is 0 Å². The van der Waals surface area contributed by atoms with Crippen molar-refractivity contribution in [1.29, 1.82) is 0 Å². The second-order valence-corrected chi connectivity index (χ2v) is 2.20. The second kappa shape index (κ2) is 4.08. The van der Waals surface area contributed by atoms with Gasteiger partial charge in [0.1, 0.15) is 11.4 Å². The third-order valence-electron chi connectivity index (χ3n) is 1.35. The van der Waals surface area contributed by atoms with E-state index < -0.39 is 11.8 Å². The van der Waals surface area contributed by atoms with E-state index in [4.69, 9.17) is 0 Å². The summed E-state index contributed by atoms with van der Waals surface area (Å²) in [5, 5.41) is 4.23. The van der Waals surface area contributed by atoms with E-state index in [1.54, 1.807) is 0 Å². The van der Waals surface area contributed by atoms with Crippen molar-refractivity contribution in [3.63, 3.8) is 0 Å². The zero-order valence-electron chi connectivity index (χ0n) is 6.71. The zero-order valence-corrected chi connectivity index (χ0v) is 6.71. The molecule has 0 unspecified atom stereocenters. The van der Waals surface area contributed by atoms with Gasteiger partial charge in [0.25, 0.3) is 0 Å². The van der Waals surface area contributed by atoms with Crippen LogP contribution < -0.4 is 0 Å². The van der Waals surface area contributed by atoms with Crippen LogP contribution in [0.2, 0.25) is 0 Å². The number of rotatable bonds is 2. The molecule has 0 saturated heterocycles. The van der Waals surface area contributed by atoms with Crippen molar-refractivity contribution in [3.05, 3.63) is 39.4 Å². The van der Waals surface area contributed by atoms with Gasteiger partial charge in [-0.25, -0.2) is 4.98 Å². The molecular weight excluding hydrogens is 190 g/mol. The first-order valence-electron chi connectivity index (χ1n) is 3.41. The number of nitrogens with zero attached hydrogens (tertiary/aromatic N) is 3. The van der Waals surface area contributed by atoms with Crippen LogP contribution in [-0.4, -0.2) is 16.8 Å². The largest absolute Gasteiger partial charge is 0.335 e. The van der Waals surface area contributed by atoms with Crippen molar-refractivity contribution in [2.24, 2.45) is 10.4 Å². The highest BCUT2D eigenvalue weighted by atomic mass is 16.3. The molecule has 2 amide bonds. The van der Waals surface area contributed by atoms with Crippen LogP contribution in [0.5, 0.6) is 0 Å². The molecule has 14 heavy (non-hydrogen) atoms. The van der Waals surface area contributed by atoms with Crippen molar-refractivity contribution in [3.8, 4) is 0 Å². The molecule has 0 aliphatic heterocycles. The van der Waals surface area contributed by atoms with Crippen molar-refractivity contribution in [2.45, 2.75) is 0 Å². The monoisotopic (exact) mass is 193 g/mol. The van der Waals surface area contributed by atoms with E-state index >= 15 is 0 Å². The van der Waals surface area contributed by atoms with Gasteiger partial charge in [0.15, 0.2) is 0 Å². The van der Waals surface area contributed by atoms with Crippen LogP contribution in [0.25, 0.3) is 0 Å². The van der Waals surface area contributed by atoms with E-state index in [1.165, 1.54) is 18.2 Å². The Morgan fingerprint density at radius 2 is 1.43 bits per heavy atom. The van der Waals surface area contributed by atoms with Crippen molar-refractivity contribution in [1.82, 2.24) is 4.98 Å². The predicted octanol–water partition coefficient (Wildman–Crippen LogP) is 0.895. The lowest BCUT2D eigenvalue weighted by Gasteiger charge is -1.93. The molecule has 0 bridgehead atoms. The molecule has 0 aromatic carbocycles. The number of amides is 2. The molecule has 0 aliphatic rings. The molecule has 0 fully saturated rings. The first-order valence-corrected chi connectivity index (χ1v) is 3.41. The van der Waals surface area contributed by atoms with E-state index in [9.17, 15) is 19.4 Å². The number of hydrogen-bond acceptors (Lipinski definition) is 5. The topological polar surface area (TPSA) is 106 Å². The van der Waals surface area contributed by atoms with E-state index in [2.05, 4.69) is 15.3 Å². The molecule has 1 aromatic heterocycles.